The van der Waals surface area contributed by atoms with E-state index in [4.69, 9.17) is 4.52 Å². The summed E-state index contributed by atoms with van der Waals surface area (Å²) in [5.41, 5.74) is 3.24. The van der Waals surface area contributed by atoms with Crippen LogP contribution in [0, 0.1) is 13.8 Å². The summed E-state index contributed by atoms with van der Waals surface area (Å²) < 4.78 is 7.29. The van der Waals surface area contributed by atoms with Gasteiger partial charge in [0.2, 0.25) is 5.89 Å². The van der Waals surface area contributed by atoms with Crippen molar-refractivity contribution in [1.82, 2.24) is 19.5 Å². The maximum atomic E-state index is 5.18. The highest BCUT2D eigenvalue weighted by Gasteiger charge is 2.14. The van der Waals surface area contributed by atoms with Crippen molar-refractivity contribution in [1.29, 1.82) is 0 Å². The third-order valence-corrected chi connectivity index (χ3v) is 4.28. The van der Waals surface area contributed by atoms with Gasteiger partial charge in [-0.15, -0.1) is 11.8 Å². The highest BCUT2D eigenvalue weighted by molar-refractivity contribution is 7.98. The lowest BCUT2D eigenvalue weighted by atomic mass is 10.4. The number of nitrogens with zero attached hydrogens (tertiary/aromatic N) is 4. The van der Waals surface area contributed by atoms with E-state index in [2.05, 4.69) is 45.6 Å². The van der Waals surface area contributed by atoms with Gasteiger partial charge in [-0.3, -0.25) is 0 Å². The van der Waals surface area contributed by atoms with E-state index in [1.165, 1.54) is 5.69 Å². The minimum absolute atomic E-state index is 0.169. The number of imidazole rings is 1. The topological polar surface area (TPSA) is 56.2 Å². The van der Waals surface area contributed by atoms with Crippen molar-refractivity contribution in [2.24, 2.45) is 0 Å². The smallest absolute Gasteiger partial charge is 0.239 e. The van der Waals surface area contributed by atoms with Crippen LogP contribution in [0.2, 0.25) is 0 Å². The number of aromatic nitrogens is 4. The molecule has 5 nitrogen and oxygen atoms in total. The van der Waals surface area contributed by atoms with Gasteiger partial charge < -0.3 is 8.92 Å². The SMILES string of the molecule is Cc1noc([C@@H](C)SCc2cn3c(C)cccc3n2)n1. The maximum absolute atomic E-state index is 5.18. The summed E-state index contributed by atoms with van der Waals surface area (Å²) in [6.45, 7) is 5.98. The highest BCUT2D eigenvalue weighted by atomic mass is 32.2. The molecule has 3 heterocycles. The van der Waals surface area contributed by atoms with Gasteiger partial charge in [0.25, 0.3) is 0 Å². The number of fused-ring (bicyclic) bond motifs is 1. The lowest BCUT2D eigenvalue weighted by molar-refractivity contribution is 0.376. The van der Waals surface area contributed by atoms with Crippen molar-refractivity contribution in [3.8, 4) is 0 Å². The molecule has 3 rings (SSSR count). The minimum atomic E-state index is 0.169. The molecule has 3 aromatic rings. The molecule has 0 aliphatic carbocycles. The van der Waals surface area contributed by atoms with Crippen molar-refractivity contribution in [2.45, 2.75) is 31.8 Å². The first-order valence-electron chi connectivity index (χ1n) is 6.49. The molecule has 0 amide bonds. The molecule has 0 saturated heterocycles. The Morgan fingerprint density at radius 3 is 2.85 bits per heavy atom. The molecule has 0 bridgehead atoms. The van der Waals surface area contributed by atoms with Crippen LogP contribution in [0.3, 0.4) is 0 Å². The molecule has 0 unspecified atom stereocenters. The molecule has 3 aromatic heterocycles. The molecule has 104 valence electrons. The molecule has 0 aromatic carbocycles. The van der Waals surface area contributed by atoms with Crippen molar-refractivity contribution >= 4 is 17.4 Å². The largest absolute Gasteiger partial charge is 0.338 e. The summed E-state index contributed by atoms with van der Waals surface area (Å²) in [4.78, 5) is 8.88. The van der Waals surface area contributed by atoms with Crippen LogP contribution in [0.1, 0.15) is 35.3 Å². The van der Waals surface area contributed by atoms with E-state index < -0.39 is 0 Å². The van der Waals surface area contributed by atoms with Crippen LogP contribution >= 0.6 is 11.8 Å². The molecule has 0 aliphatic rings. The molecule has 0 aliphatic heterocycles. The highest BCUT2D eigenvalue weighted by Crippen LogP contribution is 2.29. The van der Waals surface area contributed by atoms with Crippen LogP contribution in [0.5, 0.6) is 0 Å². The van der Waals surface area contributed by atoms with Crippen molar-refractivity contribution < 1.29 is 4.52 Å². The first kappa shape index (κ1) is 13.2. The monoisotopic (exact) mass is 288 g/mol. The number of pyridine rings is 1. The third kappa shape index (κ3) is 2.56. The van der Waals surface area contributed by atoms with Gasteiger partial charge in [-0.25, -0.2) is 4.98 Å². The minimum Gasteiger partial charge on any atom is -0.338 e. The maximum Gasteiger partial charge on any atom is 0.239 e. The zero-order valence-electron chi connectivity index (χ0n) is 11.7. The molecule has 0 fully saturated rings. The van der Waals surface area contributed by atoms with Gasteiger partial charge in [-0.1, -0.05) is 11.2 Å². The standard InChI is InChI=1S/C14H16N4OS/c1-9-5-4-6-13-16-12(7-18(9)13)8-20-10(2)14-15-11(3)17-19-14/h4-7,10H,8H2,1-3H3/t10-/m1/s1. The van der Waals surface area contributed by atoms with Crippen LogP contribution in [0.4, 0.5) is 0 Å². The summed E-state index contributed by atoms with van der Waals surface area (Å²) in [5, 5.41) is 3.99. The van der Waals surface area contributed by atoms with Crippen LogP contribution in [-0.2, 0) is 5.75 Å². The average molecular weight is 288 g/mol. The third-order valence-electron chi connectivity index (χ3n) is 3.12. The van der Waals surface area contributed by atoms with Gasteiger partial charge in [-0.05, 0) is 32.9 Å². The Morgan fingerprint density at radius 2 is 2.15 bits per heavy atom. The van der Waals surface area contributed by atoms with Gasteiger partial charge in [-0.2, -0.15) is 4.98 Å². The molecular weight excluding hydrogens is 272 g/mol. The van der Waals surface area contributed by atoms with E-state index in [9.17, 15) is 0 Å². The summed E-state index contributed by atoms with van der Waals surface area (Å²) in [6, 6.07) is 6.12. The number of hydrogen-bond donors (Lipinski definition) is 0. The predicted octanol–water partition coefficient (Wildman–Crippen LogP) is 3.33. The van der Waals surface area contributed by atoms with E-state index >= 15 is 0 Å². The Labute approximate surface area is 121 Å². The van der Waals surface area contributed by atoms with E-state index in [1.807, 2.05) is 19.1 Å². The molecule has 0 radical (unpaired) electrons. The van der Waals surface area contributed by atoms with Gasteiger partial charge in [0.1, 0.15) is 5.65 Å². The molecule has 1 atom stereocenters. The number of thioether (sulfide) groups is 1. The summed E-state index contributed by atoms with van der Waals surface area (Å²) >= 11 is 1.74. The van der Waals surface area contributed by atoms with Gasteiger partial charge in [0.05, 0.1) is 10.9 Å². The van der Waals surface area contributed by atoms with Crippen LogP contribution in [-0.4, -0.2) is 19.5 Å². The molecule has 0 N–H and O–H groups in total. The van der Waals surface area contributed by atoms with Crippen molar-refractivity contribution in [2.75, 3.05) is 0 Å². The van der Waals surface area contributed by atoms with Crippen LogP contribution < -0.4 is 0 Å². The normalized spacial score (nSPS) is 12.9. The Kier molecular flexibility index (Phi) is 3.48. The number of rotatable bonds is 4. The van der Waals surface area contributed by atoms with Gasteiger partial charge >= 0.3 is 0 Å². The Balaban J connectivity index is 1.72. The summed E-state index contributed by atoms with van der Waals surface area (Å²) in [7, 11) is 0. The summed E-state index contributed by atoms with van der Waals surface area (Å²) in [6.07, 6.45) is 2.09. The number of hydrogen-bond acceptors (Lipinski definition) is 5. The zero-order valence-corrected chi connectivity index (χ0v) is 12.5. The Bertz CT molecular complexity index is 734. The van der Waals surface area contributed by atoms with E-state index in [-0.39, 0.29) is 5.25 Å². The molecule has 0 spiro atoms. The van der Waals surface area contributed by atoms with Crippen LogP contribution in [0.15, 0.2) is 28.9 Å². The second-order valence-electron chi connectivity index (χ2n) is 4.76. The van der Waals surface area contributed by atoms with Gasteiger partial charge in [0.15, 0.2) is 5.82 Å². The first-order valence-corrected chi connectivity index (χ1v) is 7.54. The van der Waals surface area contributed by atoms with Gasteiger partial charge in [0, 0.05) is 17.6 Å². The van der Waals surface area contributed by atoms with Crippen LogP contribution in [0.25, 0.3) is 5.65 Å². The quantitative estimate of drug-likeness (QED) is 0.737. The molecular formula is C14H16N4OS. The lowest BCUT2D eigenvalue weighted by Crippen LogP contribution is -1.90. The molecule has 20 heavy (non-hydrogen) atoms. The number of aryl methyl sites for hydroxylation is 2. The van der Waals surface area contributed by atoms with Crippen molar-refractivity contribution in [3.63, 3.8) is 0 Å². The average Bonchev–Trinajstić information content (AvgIpc) is 3.03. The Morgan fingerprint density at radius 1 is 1.30 bits per heavy atom. The fraction of sp³-hybridized carbons (Fsp3) is 0.357. The summed E-state index contributed by atoms with van der Waals surface area (Å²) in [5.74, 6) is 2.17. The lowest BCUT2D eigenvalue weighted by Gasteiger charge is -2.03. The predicted molar refractivity (Wildman–Crippen MR) is 78.7 cm³/mol. The first-order chi connectivity index (χ1) is 9.63. The zero-order chi connectivity index (χ0) is 14.1. The Hall–Kier alpha value is -1.82. The van der Waals surface area contributed by atoms with E-state index in [0.29, 0.717) is 11.7 Å². The fourth-order valence-corrected chi connectivity index (χ4v) is 2.83. The second kappa shape index (κ2) is 5.28. The second-order valence-corrected chi connectivity index (χ2v) is 6.09. The van der Waals surface area contributed by atoms with E-state index in [0.717, 1.165) is 17.1 Å². The fourth-order valence-electron chi connectivity index (χ4n) is 2.03. The van der Waals surface area contributed by atoms with Crippen molar-refractivity contribution in [3.05, 3.63) is 47.5 Å². The molecule has 6 heteroatoms. The molecule has 0 saturated carbocycles. The van der Waals surface area contributed by atoms with E-state index in [1.54, 1.807) is 11.8 Å².